The van der Waals surface area contributed by atoms with Gasteiger partial charge in [0.05, 0.1) is 5.92 Å². The molecule has 2 N–H and O–H groups in total. The molecule has 1 aliphatic heterocycles. The fourth-order valence-electron chi connectivity index (χ4n) is 5.84. The highest BCUT2D eigenvalue weighted by molar-refractivity contribution is 5.70. The first kappa shape index (κ1) is 20.0. The molecule has 2 bridgehead atoms. The fraction of sp³-hybridized carbons (Fsp3) is 0.480. The topological polar surface area (TPSA) is 60.8 Å². The maximum absolute atomic E-state index is 12.0. The molecule has 1 heterocycles. The number of phenols is 1. The molecule has 1 unspecified atom stereocenters. The Bertz CT molecular complexity index is 852. The summed E-state index contributed by atoms with van der Waals surface area (Å²) in [6.07, 6.45) is 5.02. The first-order chi connectivity index (χ1) is 14.0. The molecule has 0 amide bonds. The Morgan fingerprint density at radius 2 is 1.97 bits per heavy atom. The van der Waals surface area contributed by atoms with Crippen LogP contribution in [-0.4, -0.2) is 40.2 Å². The molecule has 4 atom stereocenters. The lowest BCUT2D eigenvalue weighted by atomic mass is 9.57. The van der Waals surface area contributed by atoms with E-state index in [1.54, 1.807) is 6.07 Å². The number of piperidine rings is 1. The molecule has 2 aliphatic rings. The number of hydrogen-bond acceptors (Lipinski definition) is 3. The van der Waals surface area contributed by atoms with Crippen molar-refractivity contribution >= 4 is 5.97 Å². The van der Waals surface area contributed by atoms with Gasteiger partial charge in [-0.1, -0.05) is 55.8 Å². The van der Waals surface area contributed by atoms with E-state index in [1.165, 1.54) is 5.56 Å². The number of aliphatic carboxylic acids is 1. The summed E-state index contributed by atoms with van der Waals surface area (Å²) < 4.78 is 0. The lowest BCUT2D eigenvalue weighted by Gasteiger charge is -2.56. The third-order valence-corrected chi connectivity index (χ3v) is 7.44. The van der Waals surface area contributed by atoms with Crippen LogP contribution < -0.4 is 0 Å². The normalized spacial score (nSPS) is 28.0. The molecular formula is C25H31NO3. The highest BCUT2D eigenvalue weighted by atomic mass is 16.4. The molecule has 4 heteroatoms. The van der Waals surface area contributed by atoms with Crippen molar-refractivity contribution in [3.63, 3.8) is 0 Å². The van der Waals surface area contributed by atoms with E-state index in [0.717, 1.165) is 37.8 Å². The molecule has 0 radical (unpaired) electrons. The third kappa shape index (κ3) is 3.91. The van der Waals surface area contributed by atoms with E-state index in [4.69, 9.17) is 0 Å². The summed E-state index contributed by atoms with van der Waals surface area (Å²) in [6, 6.07) is 18.1. The Morgan fingerprint density at radius 3 is 2.69 bits per heavy atom. The number of carboxylic acids is 1. The van der Waals surface area contributed by atoms with Crippen molar-refractivity contribution < 1.29 is 15.0 Å². The second-order valence-corrected chi connectivity index (χ2v) is 8.92. The minimum Gasteiger partial charge on any atom is -0.508 e. The van der Waals surface area contributed by atoms with Gasteiger partial charge in [0.25, 0.3) is 0 Å². The van der Waals surface area contributed by atoms with Gasteiger partial charge < -0.3 is 10.2 Å². The number of carbonyl (C=O) groups is 1. The highest BCUT2D eigenvalue weighted by Gasteiger charge is 2.49. The summed E-state index contributed by atoms with van der Waals surface area (Å²) in [5.41, 5.74) is 2.42. The van der Waals surface area contributed by atoms with Crippen molar-refractivity contribution in [2.75, 3.05) is 13.1 Å². The highest BCUT2D eigenvalue weighted by Crippen LogP contribution is 2.51. The lowest BCUT2D eigenvalue weighted by Crippen LogP contribution is -2.58. The van der Waals surface area contributed by atoms with Crippen LogP contribution in [0.1, 0.15) is 43.7 Å². The molecule has 1 saturated heterocycles. The Kier molecular flexibility index (Phi) is 5.64. The van der Waals surface area contributed by atoms with E-state index < -0.39 is 5.97 Å². The predicted molar refractivity (Wildman–Crippen MR) is 114 cm³/mol. The SMILES string of the molecule is C[C@H]1C2CCC[C@]1(c1cccc(O)c1)CCN2C[C@H](Cc1ccccc1)C(=O)O. The van der Waals surface area contributed by atoms with Gasteiger partial charge in [0, 0.05) is 18.0 Å². The average Bonchev–Trinajstić information content (AvgIpc) is 2.70. The molecule has 2 aromatic carbocycles. The van der Waals surface area contributed by atoms with Gasteiger partial charge in [-0.2, -0.15) is 0 Å². The molecular weight excluding hydrogens is 362 g/mol. The van der Waals surface area contributed by atoms with E-state index in [2.05, 4.69) is 17.9 Å². The average molecular weight is 394 g/mol. The molecule has 154 valence electrons. The molecule has 0 aromatic heterocycles. The molecule has 2 aromatic rings. The fourth-order valence-corrected chi connectivity index (χ4v) is 5.84. The second-order valence-electron chi connectivity index (χ2n) is 8.92. The second kappa shape index (κ2) is 8.19. The largest absolute Gasteiger partial charge is 0.508 e. The van der Waals surface area contributed by atoms with Gasteiger partial charge in [0.2, 0.25) is 0 Å². The Morgan fingerprint density at radius 1 is 1.17 bits per heavy atom. The van der Waals surface area contributed by atoms with Gasteiger partial charge in [-0.25, -0.2) is 0 Å². The standard InChI is InChI=1S/C25H31NO3/c1-18-23-11-6-12-25(18,21-9-5-10-22(27)16-21)13-14-26(23)17-20(24(28)29)15-19-7-3-2-4-8-19/h2-5,7-10,16,18,20,23,27H,6,11-15,17H2,1H3,(H,28,29)/t18-,20-,23?,25-/m0/s1. The van der Waals surface area contributed by atoms with Crippen LogP contribution in [0.25, 0.3) is 0 Å². The molecule has 1 saturated carbocycles. The van der Waals surface area contributed by atoms with Crippen molar-refractivity contribution in [1.82, 2.24) is 4.90 Å². The van der Waals surface area contributed by atoms with E-state index in [1.807, 2.05) is 42.5 Å². The maximum atomic E-state index is 12.0. The monoisotopic (exact) mass is 393 g/mol. The number of aromatic hydroxyl groups is 1. The molecule has 4 nitrogen and oxygen atoms in total. The summed E-state index contributed by atoms with van der Waals surface area (Å²) in [5, 5.41) is 19.9. The number of fused-ring (bicyclic) bond motifs is 2. The minimum absolute atomic E-state index is 0.0936. The molecule has 0 spiro atoms. The molecule has 1 aliphatic carbocycles. The van der Waals surface area contributed by atoms with Crippen LogP contribution >= 0.6 is 0 Å². The minimum atomic E-state index is -0.706. The summed E-state index contributed by atoms with van der Waals surface area (Å²) in [6.45, 7) is 3.85. The summed E-state index contributed by atoms with van der Waals surface area (Å²) >= 11 is 0. The van der Waals surface area contributed by atoms with E-state index in [9.17, 15) is 15.0 Å². The van der Waals surface area contributed by atoms with Crippen LogP contribution in [0.15, 0.2) is 54.6 Å². The van der Waals surface area contributed by atoms with Crippen molar-refractivity contribution in [2.24, 2.45) is 11.8 Å². The van der Waals surface area contributed by atoms with Crippen LogP contribution in [-0.2, 0) is 16.6 Å². The number of hydrogen-bond donors (Lipinski definition) is 2. The van der Waals surface area contributed by atoms with E-state index >= 15 is 0 Å². The van der Waals surface area contributed by atoms with Crippen molar-refractivity contribution in [2.45, 2.75) is 50.5 Å². The summed E-state index contributed by atoms with van der Waals surface area (Å²) in [7, 11) is 0. The van der Waals surface area contributed by atoms with Crippen LogP contribution in [0.5, 0.6) is 5.75 Å². The van der Waals surface area contributed by atoms with Gasteiger partial charge >= 0.3 is 5.97 Å². The zero-order valence-electron chi connectivity index (χ0n) is 17.1. The first-order valence-corrected chi connectivity index (χ1v) is 10.8. The predicted octanol–water partition coefficient (Wildman–Crippen LogP) is 4.47. The quantitative estimate of drug-likeness (QED) is 0.760. The molecule has 4 rings (SSSR count). The van der Waals surface area contributed by atoms with Crippen LogP contribution in [0.4, 0.5) is 0 Å². The van der Waals surface area contributed by atoms with E-state index in [0.29, 0.717) is 30.7 Å². The number of phenolic OH excluding ortho intramolecular Hbond substituents is 1. The van der Waals surface area contributed by atoms with Crippen LogP contribution in [0.2, 0.25) is 0 Å². The number of nitrogens with zero attached hydrogens (tertiary/aromatic N) is 1. The van der Waals surface area contributed by atoms with Crippen molar-refractivity contribution in [3.05, 3.63) is 65.7 Å². The number of benzene rings is 2. The van der Waals surface area contributed by atoms with Gasteiger partial charge in [-0.05, 0) is 61.4 Å². The van der Waals surface area contributed by atoms with Gasteiger partial charge in [-0.15, -0.1) is 0 Å². The smallest absolute Gasteiger partial charge is 0.308 e. The molecule has 2 fully saturated rings. The van der Waals surface area contributed by atoms with Crippen LogP contribution in [0.3, 0.4) is 0 Å². The molecule has 29 heavy (non-hydrogen) atoms. The zero-order valence-corrected chi connectivity index (χ0v) is 17.1. The van der Waals surface area contributed by atoms with Gasteiger partial charge in [-0.3, -0.25) is 9.69 Å². The Labute approximate surface area is 173 Å². The van der Waals surface area contributed by atoms with Crippen LogP contribution in [0, 0.1) is 11.8 Å². The number of rotatable bonds is 6. The first-order valence-electron chi connectivity index (χ1n) is 10.8. The zero-order chi connectivity index (χ0) is 20.4. The summed E-state index contributed by atoms with van der Waals surface area (Å²) in [5.74, 6) is -0.317. The number of carboxylic acid groups (broad SMARTS) is 1. The number of likely N-dealkylation sites (tertiary alicyclic amines) is 1. The van der Waals surface area contributed by atoms with Gasteiger partial charge in [0.1, 0.15) is 5.75 Å². The third-order valence-electron chi connectivity index (χ3n) is 7.44. The van der Waals surface area contributed by atoms with Crippen molar-refractivity contribution in [1.29, 1.82) is 0 Å². The van der Waals surface area contributed by atoms with Crippen molar-refractivity contribution in [3.8, 4) is 5.75 Å². The maximum Gasteiger partial charge on any atom is 0.308 e. The Hall–Kier alpha value is -2.33. The Balaban J connectivity index is 1.53. The van der Waals surface area contributed by atoms with E-state index in [-0.39, 0.29) is 11.3 Å². The summed E-state index contributed by atoms with van der Waals surface area (Å²) in [4.78, 5) is 14.4. The van der Waals surface area contributed by atoms with Gasteiger partial charge in [0.15, 0.2) is 0 Å². The lowest BCUT2D eigenvalue weighted by molar-refractivity contribution is -0.143.